The van der Waals surface area contributed by atoms with Crippen LogP contribution in [-0.4, -0.2) is 50.0 Å². The first-order chi connectivity index (χ1) is 19.9. The van der Waals surface area contributed by atoms with Gasteiger partial charge in [-0.15, -0.1) is 0 Å². The highest BCUT2D eigenvalue weighted by Gasteiger charge is 2.34. The first-order valence-electron chi connectivity index (χ1n) is 13.4. The average molecular weight is 671 g/mol. The molecule has 1 aliphatic carbocycles. The molecule has 0 aromatic heterocycles. The van der Waals surface area contributed by atoms with E-state index < -0.39 is 28.5 Å². The molecule has 1 fully saturated rings. The Balaban J connectivity index is 1.76. The highest BCUT2D eigenvalue weighted by atomic mass is 35.5. The van der Waals surface area contributed by atoms with Crippen LogP contribution >= 0.6 is 46.4 Å². The maximum absolute atomic E-state index is 14.2. The molecule has 7 nitrogen and oxygen atoms in total. The fourth-order valence-corrected chi connectivity index (χ4v) is 6.66. The van der Waals surface area contributed by atoms with Crippen molar-refractivity contribution in [2.45, 2.75) is 50.7 Å². The quantitative estimate of drug-likeness (QED) is 0.244. The van der Waals surface area contributed by atoms with Gasteiger partial charge in [-0.1, -0.05) is 102 Å². The smallest absolute Gasteiger partial charge is 0.244 e. The van der Waals surface area contributed by atoms with Crippen molar-refractivity contribution in [1.29, 1.82) is 0 Å². The second-order valence-electron chi connectivity index (χ2n) is 10.3. The van der Waals surface area contributed by atoms with Crippen molar-refractivity contribution in [2.75, 3.05) is 17.1 Å². The first-order valence-corrected chi connectivity index (χ1v) is 16.8. The zero-order chi connectivity index (χ0) is 30.4. The number of carbonyl (C=O) groups excluding carboxylic acids is 2. The number of carbonyl (C=O) groups is 2. The Bertz CT molecular complexity index is 1530. The van der Waals surface area contributed by atoms with Crippen LogP contribution in [-0.2, 0) is 32.6 Å². The van der Waals surface area contributed by atoms with E-state index in [-0.39, 0.29) is 40.6 Å². The normalized spacial score (nSPS) is 14.4. The lowest BCUT2D eigenvalue weighted by molar-refractivity contribution is -0.140. The van der Waals surface area contributed by atoms with E-state index in [9.17, 15) is 18.0 Å². The Kier molecular flexibility index (Phi) is 11.1. The van der Waals surface area contributed by atoms with Gasteiger partial charge in [0.25, 0.3) is 0 Å². The average Bonchev–Trinajstić information content (AvgIpc) is 3.46. The zero-order valence-electron chi connectivity index (χ0n) is 22.9. The summed E-state index contributed by atoms with van der Waals surface area (Å²) in [6, 6.07) is 17.9. The molecule has 3 aromatic carbocycles. The van der Waals surface area contributed by atoms with Crippen LogP contribution in [0.15, 0.2) is 66.7 Å². The van der Waals surface area contributed by atoms with Crippen molar-refractivity contribution in [2.24, 2.45) is 0 Å². The van der Waals surface area contributed by atoms with Gasteiger partial charge in [0, 0.05) is 19.0 Å². The molecule has 42 heavy (non-hydrogen) atoms. The fraction of sp³-hybridized carbons (Fsp3) is 0.333. The van der Waals surface area contributed by atoms with Crippen LogP contribution in [0.1, 0.15) is 36.8 Å². The second-order valence-corrected chi connectivity index (χ2v) is 13.8. The minimum atomic E-state index is -3.99. The van der Waals surface area contributed by atoms with E-state index in [1.165, 1.54) is 17.0 Å². The summed E-state index contributed by atoms with van der Waals surface area (Å²) in [5, 5.41) is 3.89. The van der Waals surface area contributed by atoms with Gasteiger partial charge < -0.3 is 10.2 Å². The summed E-state index contributed by atoms with van der Waals surface area (Å²) in [6.45, 7) is -0.631. The number of sulfonamides is 1. The standard InChI is InChI=1S/C30H31Cl4N3O4S/c1-42(40,41)37(26-13-7-12-24(32)29(26)34)19-28(38)36(18-21-14-15-23(31)25(33)16-21)27(17-20-8-3-2-4-9-20)30(39)35-22-10-5-6-11-22/h2-4,7-9,12-16,22,27H,5-6,10-11,17-19H2,1H3,(H,35,39)/t27-/m0/s1. The molecule has 0 unspecified atom stereocenters. The zero-order valence-corrected chi connectivity index (χ0v) is 26.7. The molecular formula is C30H31Cl4N3O4S. The molecule has 0 spiro atoms. The molecule has 224 valence electrons. The molecule has 0 heterocycles. The van der Waals surface area contributed by atoms with Crippen LogP contribution in [0.2, 0.25) is 20.1 Å². The summed E-state index contributed by atoms with van der Waals surface area (Å²) in [7, 11) is -3.99. The predicted octanol–water partition coefficient (Wildman–Crippen LogP) is 6.77. The minimum Gasteiger partial charge on any atom is -0.352 e. The van der Waals surface area contributed by atoms with E-state index in [4.69, 9.17) is 46.4 Å². The van der Waals surface area contributed by atoms with Crippen LogP contribution in [0.4, 0.5) is 5.69 Å². The number of halogens is 4. The molecule has 1 N–H and O–H groups in total. The number of rotatable bonds is 11. The number of nitrogens with one attached hydrogen (secondary N) is 1. The summed E-state index contributed by atoms with van der Waals surface area (Å²) in [5.41, 5.74) is 1.52. The van der Waals surface area contributed by atoms with Crippen LogP contribution in [0.5, 0.6) is 0 Å². The molecule has 4 rings (SSSR count). The molecule has 2 amide bonds. The van der Waals surface area contributed by atoms with Crippen LogP contribution in [0.25, 0.3) is 0 Å². The summed E-state index contributed by atoms with van der Waals surface area (Å²) in [6.07, 6.45) is 4.95. The maximum Gasteiger partial charge on any atom is 0.244 e. The van der Waals surface area contributed by atoms with Crippen molar-refractivity contribution in [3.05, 3.63) is 97.9 Å². The summed E-state index contributed by atoms with van der Waals surface area (Å²) in [4.78, 5) is 29.5. The van der Waals surface area contributed by atoms with Gasteiger partial charge in [-0.25, -0.2) is 8.42 Å². The van der Waals surface area contributed by atoms with E-state index >= 15 is 0 Å². The number of anilines is 1. The fourth-order valence-electron chi connectivity index (χ4n) is 5.04. The minimum absolute atomic E-state index is 0.00626. The topological polar surface area (TPSA) is 86.8 Å². The highest BCUT2D eigenvalue weighted by molar-refractivity contribution is 7.92. The van der Waals surface area contributed by atoms with E-state index in [1.54, 1.807) is 24.3 Å². The van der Waals surface area contributed by atoms with Crippen molar-refractivity contribution in [3.8, 4) is 0 Å². The summed E-state index contributed by atoms with van der Waals surface area (Å²) < 4.78 is 26.8. The van der Waals surface area contributed by atoms with Gasteiger partial charge in [0.1, 0.15) is 12.6 Å². The number of benzene rings is 3. The van der Waals surface area contributed by atoms with Gasteiger partial charge in [0.05, 0.1) is 32.0 Å². The molecule has 1 aliphatic rings. The number of nitrogens with zero attached hydrogens (tertiary/aromatic N) is 2. The third-order valence-electron chi connectivity index (χ3n) is 7.19. The molecule has 3 aromatic rings. The summed E-state index contributed by atoms with van der Waals surface area (Å²) >= 11 is 25.0. The lowest BCUT2D eigenvalue weighted by Crippen LogP contribution is -2.54. The van der Waals surface area contributed by atoms with Crippen LogP contribution in [0.3, 0.4) is 0 Å². The molecule has 0 saturated heterocycles. The SMILES string of the molecule is CS(=O)(=O)N(CC(=O)N(Cc1ccc(Cl)c(Cl)c1)[C@@H](Cc1ccccc1)C(=O)NC1CCCC1)c1cccc(Cl)c1Cl. The second kappa shape index (κ2) is 14.3. The largest absolute Gasteiger partial charge is 0.352 e. The molecule has 0 aliphatic heterocycles. The van der Waals surface area contributed by atoms with Gasteiger partial charge in [-0.3, -0.25) is 13.9 Å². The molecular weight excluding hydrogens is 640 g/mol. The van der Waals surface area contributed by atoms with E-state index in [0.29, 0.717) is 15.6 Å². The lowest BCUT2D eigenvalue weighted by Gasteiger charge is -2.34. The van der Waals surface area contributed by atoms with Gasteiger partial charge in [0.2, 0.25) is 21.8 Å². The Morgan fingerprint density at radius 1 is 0.881 bits per heavy atom. The van der Waals surface area contributed by atoms with Crippen molar-refractivity contribution >= 4 is 73.9 Å². The van der Waals surface area contributed by atoms with Crippen LogP contribution in [0, 0.1) is 0 Å². The third kappa shape index (κ3) is 8.32. The van der Waals surface area contributed by atoms with Crippen molar-refractivity contribution < 1.29 is 18.0 Å². The Morgan fingerprint density at radius 3 is 2.21 bits per heavy atom. The first kappa shape index (κ1) is 32.4. The monoisotopic (exact) mass is 669 g/mol. The highest BCUT2D eigenvalue weighted by Crippen LogP contribution is 2.34. The van der Waals surface area contributed by atoms with E-state index in [1.807, 2.05) is 30.3 Å². The molecule has 12 heteroatoms. The summed E-state index contributed by atoms with van der Waals surface area (Å²) in [5.74, 6) is -0.920. The Morgan fingerprint density at radius 2 is 1.57 bits per heavy atom. The van der Waals surface area contributed by atoms with Crippen molar-refractivity contribution in [1.82, 2.24) is 10.2 Å². The van der Waals surface area contributed by atoms with Crippen molar-refractivity contribution in [3.63, 3.8) is 0 Å². The lowest BCUT2D eigenvalue weighted by atomic mass is 10.0. The number of hydrogen-bond acceptors (Lipinski definition) is 4. The van der Waals surface area contributed by atoms with Gasteiger partial charge in [-0.2, -0.15) is 0 Å². The predicted molar refractivity (Wildman–Crippen MR) is 170 cm³/mol. The molecule has 0 bridgehead atoms. The molecule has 0 radical (unpaired) electrons. The van der Waals surface area contributed by atoms with E-state index in [2.05, 4.69) is 5.32 Å². The Labute approximate surface area is 266 Å². The van der Waals surface area contributed by atoms with Gasteiger partial charge in [-0.05, 0) is 48.2 Å². The third-order valence-corrected chi connectivity index (χ3v) is 9.86. The number of amides is 2. The number of hydrogen-bond donors (Lipinski definition) is 1. The van der Waals surface area contributed by atoms with Gasteiger partial charge >= 0.3 is 0 Å². The van der Waals surface area contributed by atoms with E-state index in [0.717, 1.165) is 41.8 Å². The molecule has 1 saturated carbocycles. The molecule has 1 atom stereocenters. The maximum atomic E-state index is 14.2. The van der Waals surface area contributed by atoms with Crippen LogP contribution < -0.4 is 9.62 Å². The Hall–Kier alpha value is -2.49. The van der Waals surface area contributed by atoms with Gasteiger partial charge in [0.15, 0.2) is 0 Å².